The molecule has 0 unspecified atom stereocenters. The Labute approximate surface area is 214 Å². The highest BCUT2D eigenvalue weighted by atomic mass is 16.3. The van der Waals surface area contributed by atoms with Crippen LogP contribution in [0.15, 0.2) is 36.4 Å². The van der Waals surface area contributed by atoms with Gasteiger partial charge in [-0.1, -0.05) is 12.1 Å². The number of aromatic hydroxyl groups is 2. The van der Waals surface area contributed by atoms with Crippen molar-refractivity contribution in [2.24, 2.45) is 11.5 Å². The molecule has 4 atom stereocenters. The SMILES string of the molecule is NC[C@H](O)C[C@H]1NC(=O)[C@H](N)Cc2cc(ccc2O)-c2ccc(O)c(c2)C[C@H](C(=O)NC2CC2)NC1=O. The van der Waals surface area contributed by atoms with E-state index in [2.05, 4.69) is 16.0 Å². The van der Waals surface area contributed by atoms with Gasteiger partial charge in [0, 0.05) is 31.8 Å². The van der Waals surface area contributed by atoms with Gasteiger partial charge in [0.25, 0.3) is 0 Å². The molecule has 2 aliphatic rings. The highest BCUT2D eigenvalue weighted by molar-refractivity contribution is 5.93. The summed E-state index contributed by atoms with van der Waals surface area (Å²) >= 11 is 0. The van der Waals surface area contributed by atoms with Gasteiger partial charge in [-0.2, -0.15) is 0 Å². The molecule has 1 saturated carbocycles. The summed E-state index contributed by atoms with van der Waals surface area (Å²) in [5, 5.41) is 39.2. The molecule has 4 bridgehead atoms. The predicted molar refractivity (Wildman–Crippen MR) is 135 cm³/mol. The Balaban J connectivity index is 1.76. The van der Waals surface area contributed by atoms with Gasteiger partial charge in [-0.25, -0.2) is 0 Å². The third-order valence-electron chi connectivity index (χ3n) is 6.66. The third kappa shape index (κ3) is 6.56. The van der Waals surface area contributed by atoms with Crippen LogP contribution < -0.4 is 27.4 Å². The maximum absolute atomic E-state index is 13.3. The van der Waals surface area contributed by atoms with Crippen LogP contribution in [0.5, 0.6) is 11.5 Å². The molecule has 2 aromatic carbocycles. The highest BCUT2D eigenvalue weighted by Gasteiger charge is 2.33. The molecule has 4 rings (SSSR count). The molecule has 37 heavy (non-hydrogen) atoms. The molecule has 0 aromatic heterocycles. The lowest BCUT2D eigenvalue weighted by atomic mass is 9.95. The molecule has 1 aliphatic heterocycles. The summed E-state index contributed by atoms with van der Waals surface area (Å²) in [6.07, 6.45) is 0.366. The van der Waals surface area contributed by atoms with Gasteiger partial charge < -0.3 is 42.7 Å². The van der Waals surface area contributed by atoms with E-state index in [1.54, 1.807) is 24.3 Å². The minimum Gasteiger partial charge on any atom is -0.508 e. The molecule has 0 saturated heterocycles. The van der Waals surface area contributed by atoms with Crippen LogP contribution in [0.1, 0.15) is 30.4 Å². The molecule has 1 heterocycles. The normalized spacial score (nSPS) is 23.2. The second-order valence-corrected chi connectivity index (χ2v) is 9.73. The summed E-state index contributed by atoms with van der Waals surface area (Å²) < 4.78 is 0. The van der Waals surface area contributed by atoms with Crippen molar-refractivity contribution in [3.63, 3.8) is 0 Å². The zero-order chi connectivity index (χ0) is 26.7. The van der Waals surface area contributed by atoms with E-state index in [0.717, 1.165) is 12.8 Å². The van der Waals surface area contributed by atoms with Crippen LogP contribution in [-0.4, -0.2) is 69.9 Å². The van der Waals surface area contributed by atoms with E-state index in [1.807, 2.05) is 0 Å². The van der Waals surface area contributed by atoms with Crippen molar-refractivity contribution in [1.82, 2.24) is 16.0 Å². The topological polar surface area (TPSA) is 200 Å². The Kier molecular flexibility index (Phi) is 7.96. The van der Waals surface area contributed by atoms with Crippen molar-refractivity contribution in [2.75, 3.05) is 6.54 Å². The number of phenols is 2. The molecule has 1 fully saturated rings. The number of amides is 3. The van der Waals surface area contributed by atoms with Gasteiger partial charge in [0.05, 0.1) is 12.1 Å². The molecule has 1 aliphatic carbocycles. The Morgan fingerprint density at radius 1 is 0.973 bits per heavy atom. The maximum atomic E-state index is 13.3. The second kappa shape index (κ2) is 11.2. The van der Waals surface area contributed by atoms with Crippen LogP contribution in [0.4, 0.5) is 0 Å². The summed E-state index contributed by atoms with van der Waals surface area (Å²) in [6, 6.07) is 6.45. The van der Waals surface area contributed by atoms with E-state index in [1.165, 1.54) is 12.1 Å². The molecular formula is C26H33N5O6. The fourth-order valence-corrected chi connectivity index (χ4v) is 4.30. The van der Waals surface area contributed by atoms with Crippen LogP contribution in [0, 0.1) is 0 Å². The Morgan fingerprint density at radius 3 is 2.14 bits per heavy atom. The van der Waals surface area contributed by atoms with Gasteiger partial charge in [-0.05, 0) is 59.4 Å². The quantitative estimate of drug-likeness (QED) is 0.254. The lowest BCUT2D eigenvalue weighted by Crippen LogP contribution is -2.57. The average molecular weight is 512 g/mol. The first-order valence-corrected chi connectivity index (χ1v) is 12.3. The van der Waals surface area contributed by atoms with Crippen LogP contribution in [0.25, 0.3) is 11.1 Å². The number of benzene rings is 2. The number of carbonyl (C=O) groups is 3. The fourth-order valence-electron chi connectivity index (χ4n) is 4.30. The number of phenolic OH excluding ortho intramolecular Hbond substituents is 2. The van der Waals surface area contributed by atoms with Crippen molar-refractivity contribution in [3.05, 3.63) is 47.5 Å². The predicted octanol–water partition coefficient (Wildman–Crippen LogP) is -0.851. The number of carbonyl (C=O) groups excluding carboxylic acids is 3. The van der Waals surface area contributed by atoms with Crippen LogP contribution in [0.3, 0.4) is 0 Å². The molecule has 3 amide bonds. The second-order valence-electron chi connectivity index (χ2n) is 9.73. The first kappa shape index (κ1) is 26.4. The van der Waals surface area contributed by atoms with Crippen molar-refractivity contribution in [2.45, 2.75) is 62.4 Å². The zero-order valence-electron chi connectivity index (χ0n) is 20.3. The van der Waals surface area contributed by atoms with E-state index in [9.17, 15) is 29.7 Å². The maximum Gasteiger partial charge on any atom is 0.243 e. The highest BCUT2D eigenvalue weighted by Crippen LogP contribution is 2.31. The molecule has 10 N–H and O–H groups in total. The largest absolute Gasteiger partial charge is 0.508 e. The number of aliphatic hydroxyl groups excluding tert-OH is 1. The van der Waals surface area contributed by atoms with E-state index in [-0.39, 0.29) is 43.3 Å². The zero-order valence-corrected chi connectivity index (χ0v) is 20.3. The lowest BCUT2D eigenvalue weighted by molar-refractivity contribution is -0.133. The minimum atomic E-state index is -1.22. The molecule has 198 valence electrons. The van der Waals surface area contributed by atoms with E-state index >= 15 is 0 Å². The van der Waals surface area contributed by atoms with E-state index in [4.69, 9.17) is 11.5 Å². The number of fused-ring (bicyclic) bond motifs is 5. The number of nitrogens with one attached hydrogen (secondary N) is 3. The van der Waals surface area contributed by atoms with Gasteiger partial charge in [-0.3, -0.25) is 14.4 Å². The van der Waals surface area contributed by atoms with E-state index in [0.29, 0.717) is 22.3 Å². The number of nitrogens with two attached hydrogens (primary N) is 2. The smallest absolute Gasteiger partial charge is 0.243 e. The van der Waals surface area contributed by atoms with Crippen LogP contribution in [0.2, 0.25) is 0 Å². The first-order valence-electron chi connectivity index (χ1n) is 12.3. The molecule has 11 heteroatoms. The summed E-state index contributed by atoms with van der Waals surface area (Å²) in [6.45, 7) is -0.140. The first-order chi connectivity index (χ1) is 17.6. The molecule has 11 nitrogen and oxygen atoms in total. The van der Waals surface area contributed by atoms with E-state index < -0.39 is 42.0 Å². The Morgan fingerprint density at radius 2 is 1.57 bits per heavy atom. The molecule has 2 aromatic rings. The monoisotopic (exact) mass is 511 g/mol. The Bertz CT molecular complexity index is 1180. The fraction of sp³-hybridized carbons (Fsp3) is 0.423. The van der Waals surface area contributed by atoms with Crippen molar-refractivity contribution >= 4 is 17.7 Å². The molecule has 0 spiro atoms. The summed E-state index contributed by atoms with van der Waals surface area (Å²) in [5.41, 5.74) is 13.9. The number of hydrogen-bond donors (Lipinski definition) is 8. The van der Waals surface area contributed by atoms with Crippen molar-refractivity contribution in [3.8, 4) is 22.6 Å². The van der Waals surface area contributed by atoms with Gasteiger partial charge in [0.15, 0.2) is 0 Å². The van der Waals surface area contributed by atoms with Crippen LogP contribution >= 0.6 is 0 Å². The van der Waals surface area contributed by atoms with Gasteiger partial charge in [0.2, 0.25) is 17.7 Å². The standard InChI is InChI=1S/C26H33N5O6/c27-12-18(32)11-21-26(37)31-20(25(36)29-17-3-4-17)10-16-8-14(2-6-23(16)34)13-1-5-22(33)15(7-13)9-19(28)24(35)30-21/h1-2,5-8,17-21,32-34H,3-4,9-12,27-28H2,(H,29,36)(H,30,35)(H,31,37)/t18-,19-,20-,21-/m1/s1. The van der Waals surface area contributed by atoms with Gasteiger partial charge >= 0.3 is 0 Å². The van der Waals surface area contributed by atoms with Gasteiger partial charge in [-0.15, -0.1) is 0 Å². The van der Waals surface area contributed by atoms with Gasteiger partial charge in [0.1, 0.15) is 23.6 Å². The Hall–Kier alpha value is -3.67. The average Bonchev–Trinajstić information content (AvgIpc) is 3.68. The van der Waals surface area contributed by atoms with Crippen molar-refractivity contribution < 1.29 is 29.7 Å². The van der Waals surface area contributed by atoms with Crippen LogP contribution in [-0.2, 0) is 27.2 Å². The number of hydrogen-bond acceptors (Lipinski definition) is 8. The number of rotatable bonds is 5. The summed E-state index contributed by atoms with van der Waals surface area (Å²) in [5.74, 6) is -1.87. The summed E-state index contributed by atoms with van der Waals surface area (Å²) in [4.78, 5) is 39.3. The number of aliphatic hydroxyl groups is 1. The summed E-state index contributed by atoms with van der Waals surface area (Å²) in [7, 11) is 0. The molecular weight excluding hydrogens is 478 g/mol. The minimum absolute atomic E-state index is 0.0172. The third-order valence-corrected chi connectivity index (χ3v) is 6.66. The molecule has 0 radical (unpaired) electrons. The lowest BCUT2D eigenvalue weighted by Gasteiger charge is -2.25. The van der Waals surface area contributed by atoms with Crippen molar-refractivity contribution in [1.29, 1.82) is 0 Å².